The van der Waals surface area contributed by atoms with Gasteiger partial charge in [0, 0.05) is 0 Å². The van der Waals surface area contributed by atoms with Crippen LogP contribution in [0, 0.1) is 11.8 Å². The van der Waals surface area contributed by atoms with Gasteiger partial charge in [-0.3, -0.25) is 19.2 Å². The Morgan fingerprint density at radius 1 is 0.700 bits per heavy atom. The number of carbonyl (C=O) groups is 4. The summed E-state index contributed by atoms with van der Waals surface area (Å²) < 4.78 is 0. The number of hydrogen-bond acceptors (Lipinski definition) is 8. The molecule has 114 valence electrons. The third-order valence-corrected chi connectivity index (χ3v) is 2.48. The summed E-state index contributed by atoms with van der Waals surface area (Å²) in [4.78, 5) is 45.0. The minimum absolute atomic E-state index is 1.16. The van der Waals surface area contributed by atoms with Crippen molar-refractivity contribution in [3.05, 3.63) is 0 Å². The summed E-state index contributed by atoms with van der Waals surface area (Å²) in [5.74, 6) is -12.2. The first-order valence-corrected chi connectivity index (χ1v) is 5.29. The fourth-order valence-corrected chi connectivity index (χ4v) is 1.45. The topological polar surface area (TPSA) is 190 Å². The van der Waals surface area contributed by atoms with Gasteiger partial charge >= 0.3 is 11.9 Å². The van der Waals surface area contributed by atoms with Gasteiger partial charge in [0.15, 0.2) is 11.6 Å². The van der Waals surface area contributed by atoms with E-state index in [0.717, 1.165) is 0 Å². The highest BCUT2D eigenvalue weighted by atomic mass is 16.4. The molecule has 0 aliphatic carbocycles. The molecule has 4 unspecified atom stereocenters. The number of aliphatic hydroxyl groups excluding tert-OH is 4. The van der Waals surface area contributed by atoms with E-state index < -0.39 is 60.8 Å². The van der Waals surface area contributed by atoms with Crippen LogP contribution in [0.3, 0.4) is 0 Å². The van der Waals surface area contributed by atoms with Crippen LogP contribution in [0.5, 0.6) is 0 Å². The number of carboxylic acids is 2. The lowest BCUT2D eigenvalue weighted by Crippen LogP contribution is -2.48. The number of hydrogen-bond donors (Lipinski definition) is 6. The first-order valence-electron chi connectivity index (χ1n) is 5.29. The van der Waals surface area contributed by atoms with E-state index in [4.69, 9.17) is 30.6 Å². The molecule has 6 N–H and O–H groups in total. The van der Waals surface area contributed by atoms with Crippen molar-refractivity contribution >= 4 is 23.5 Å². The highest BCUT2D eigenvalue weighted by molar-refractivity contribution is 6.12. The van der Waals surface area contributed by atoms with Crippen LogP contribution in [0.4, 0.5) is 0 Å². The van der Waals surface area contributed by atoms with Gasteiger partial charge in [-0.05, 0) is 0 Å². The number of aliphatic hydroxyl groups is 4. The largest absolute Gasteiger partial charge is 0.481 e. The SMILES string of the molecule is O=C(O)C(C(=O)C(O)CO)C(C(=O)O)C(=O)C(O)CO. The van der Waals surface area contributed by atoms with Gasteiger partial charge < -0.3 is 30.6 Å². The Labute approximate surface area is 111 Å². The highest BCUT2D eigenvalue weighted by Gasteiger charge is 2.47. The second-order valence-corrected chi connectivity index (χ2v) is 3.83. The van der Waals surface area contributed by atoms with Crippen molar-refractivity contribution < 1.29 is 49.8 Å². The molecule has 20 heavy (non-hydrogen) atoms. The van der Waals surface area contributed by atoms with Crippen LogP contribution in [-0.2, 0) is 19.2 Å². The van der Waals surface area contributed by atoms with Gasteiger partial charge in [0.05, 0.1) is 13.2 Å². The smallest absolute Gasteiger partial charge is 0.315 e. The second-order valence-electron chi connectivity index (χ2n) is 3.83. The number of carboxylic acid groups (broad SMARTS) is 2. The normalized spacial score (nSPS) is 16.8. The van der Waals surface area contributed by atoms with E-state index in [1.165, 1.54) is 0 Å². The summed E-state index contributed by atoms with van der Waals surface area (Å²) in [6, 6.07) is 0. The van der Waals surface area contributed by atoms with Crippen molar-refractivity contribution in [1.82, 2.24) is 0 Å². The van der Waals surface area contributed by atoms with Crippen LogP contribution < -0.4 is 0 Å². The Morgan fingerprint density at radius 2 is 0.950 bits per heavy atom. The molecule has 0 rings (SSSR count). The Hall–Kier alpha value is -1.88. The van der Waals surface area contributed by atoms with E-state index in [1.54, 1.807) is 0 Å². The number of aliphatic carboxylic acids is 2. The third-order valence-electron chi connectivity index (χ3n) is 2.48. The fraction of sp³-hybridized carbons (Fsp3) is 0.600. The zero-order valence-electron chi connectivity index (χ0n) is 10.0. The monoisotopic (exact) mass is 294 g/mol. The summed E-state index contributed by atoms with van der Waals surface area (Å²) in [6.45, 7) is -2.32. The predicted octanol–water partition coefficient (Wildman–Crippen LogP) is -3.77. The molecule has 0 aromatic heterocycles. The van der Waals surface area contributed by atoms with Gasteiger partial charge in [0.1, 0.15) is 24.0 Å². The van der Waals surface area contributed by atoms with Gasteiger partial charge in [0.25, 0.3) is 0 Å². The summed E-state index contributed by atoms with van der Waals surface area (Å²) >= 11 is 0. The molecule has 10 heteroatoms. The molecule has 0 saturated heterocycles. The second kappa shape index (κ2) is 7.65. The Bertz CT molecular complexity index is 365. The first kappa shape index (κ1) is 18.1. The van der Waals surface area contributed by atoms with Crippen LogP contribution in [0.2, 0.25) is 0 Å². The van der Waals surface area contributed by atoms with Crippen LogP contribution in [0.15, 0.2) is 0 Å². The molecule has 0 aromatic carbocycles. The molecule has 0 fully saturated rings. The summed E-state index contributed by atoms with van der Waals surface area (Å²) in [5.41, 5.74) is 0. The van der Waals surface area contributed by atoms with E-state index in [-0.39, 0.29) is 0 Å². The minimum Gasteiger partial charge on any atom is -0.481 e. The minimum atomic E-state index is -2.50. The number of carbonyl (C=O) groups excluding carboxylic acids is 2. The van der Waals surface area contributed by atoms with Gasteiger partial charge in [-0.2, -0.15) is 0 Å². The molecule has 10 nitrogen and oxygen atoms in total. The number of ketones is 2. The lowest BCUT2D eigenvalue weighted by atomic mass is 9.82. The Morgan fingerprint density at radius 3 is 1.10 bits per heavy atom. The lowest BCUT2D eigenvalue weighted by molar-refractivity contribution is -0.165. The van der Waals surface area contributed by atoms with E-state index in [1.807, 2.05) is 0 Å². The van der Waals surface area contributed by atoms with Crippen LogP contribution >= 0.6 is 0 Å². The third kappa shape index (κ3) is 4.06. The van der Waals surface area contributed by atoms with Crippen molar-refractivity contribution in [2.75, 3.05) is 13.2 Å². The summed E-state index contributed by atoms with van der Waals surface area (Å²) in [7, 11) is 0. The highest BCUT2D eigenvalue weighted by Crippen LogP contribution is 2.19. The van der Waals surface area contributed by atoms with E-state index >= 15 is 0 Å². The average molecular weight is 294 g/mol. The maximum absolute atomic E-state index is 11.5. The first-order chi connectivity index (χ1) is 9.18. The van der Waals surface area contributed by atoms with Gasteiger partial charge in [-0.1, -0.05) is 0 Å². The zero-order valence-corrected chi connectivity index (χ0v) is 10.0. The molecular weight excluding hydrogens is 280 g/mol. The lowest BCUT2D eigenvalue weighted by Gasteiger charge is -2.21. The molecule has 0 radical (unpaired) electrons. The van der Waals surface area contributed by atoms with Gasteiger partial charge in [0.2, 0.25) is 0 Å². The van der Waals surface area contributed by atoms with Crippen molar-refractivity contribution in [2.45, 2.75) is 12.2 Å². The quantitative estimate of drug-likeness (QED) is 0.230. The Balaban J connectivity index is 5.59. The Kier molecular flexibility index (Phi) is 6.93. The van der Waals surface area contributed by atoms with E-state index in [9.17, 15) is 19.2 Å². The van der Waals surface area contributed by atoms with Crippen LogP contribution in [0.25, 0.3) is 0 Å². The van der Waals surface area contributed by atoms with Crippen LogP contribution in [0.1, 0.15) is 0 Å². The van der Waals surface area contributed by atoms with Crippen molar-refractivity contribution in [3.63, 3.8) is 0 Å². The van der Waals surface area contributed by atoms with Crippen molar-refractivity contribution in [2.24, 2.45) is 11.8 Å². The fourth-order valence-electron chi connectivity index (χ4n) is 1.45. The standard InChI is InChI=1S/C10H14O10/c11-1-3(13)7(15)5(9(17)18)6(10(19)20)8(16)4(14)2-12/h3-6,11-14H,1-2H2,(H,17,18)(H,19,20). The van der Waals surface area contributed by atoms with Crippen molar-refractivity contribution in [3.8, 4) is 0 Å². The zero-order chi connectivity index (χ0) is 16.0. The summed E-state index contributed by atoms with van der Waals surface area (Å²) in [5, 5.41) is 53.0. The molecule has 0 aromatic rings. The maximum atomic E-state index is 11.5. The van der Waals surface area contributed by atoms with Crippen molar-refractivity contribution in [1.29, 1.82) is 0 Å². The maximum Gasteiger partial charge on any atom is 0.315 e. The molecule has 0 bridgehead atoms. The molecule has 0 heterocycles. The number of rotatable bonds is 9. The van der Waals surface area contributed by atoms with Crippen LogP contribution in [-0.4, -0.2) is 79.6 Å². The average Bonchev–Trinajstić information content (AvgIpc) is 2.40. The molecule has 0 saturated carbocycles. The predicted molar refractivity (Wildman–Crippen MR) is 58.5 cm³/mol. The van der Waals surface area contributed by atoms with E-state index in [0.29, 0.717) is 0 Å². The van der Waals surface area contributed by atoms with Gasteiger partial charge in [-0.25, -0.2) is 0 Å². The molecule has 0 aliphatic heterocycles. The molecule has 4 atom stereocenters. The molecular formula is C10H14O10. The molecule has 0 aliphatic rings. The number of Topliss-reactive ketones (excluding diaryl/α,β-unsaturated/α-hetero) is 2. The molecule has 0 spiro atoms. The van der Waals surface area contributed by atoms with E-state index in [2.05, 4.69) is 0 Å². The molecule has 0 amide bonds. The summed E-state index contributed by atoms with van der Waals surface area (Å²) in [6.07, 6.45) is -4.37. The van der Waals surface area contributed by atoms with Gasteiger partial charge in [-0.15, -0.1) is 0 Å².